The predicted octanol–water partition coefficient (Wildman–Crippen LogP) is 0.586. The molecule has 1 saturated heterocycles. The molecule has 1 fully saturated rings. The van der Waals surface area contributed by atoms with Crippen molar-refractivity contribution in [1.29, 1.82) is 0 Å². The van der Waals surface area contributed by atoms with Crippen molar-refractivity contribution >= 4 is 0 Å². The van der Waals surface area contributed by atoms with Gasteiger partial charge in [0.1, 0.15) is 0 Å². The molecule has 0 radical (unpaired) electrons. The number of nitrogens with one attached hydrogen (secondary N) is 1. The zero-order chi connectivity index (χ0) is 10.3. The van der Waals surface area contributed by atoms with Crippen LogP contribution in [0.5, 0.6) is 0 Å². The van der Waals surface area contributed by atoms with Crippen LogP contribution in [0.3, 0.4) is 0 Å². The van der Waals surface area contributed by atoms with E-state index >= 15 is 0 Å². The third-order valence-electron chi connectivity index (χ3n) is 4.09. The van der Waals surface area contributed by atoms with Crippen LogP contribution in [0.2, 0.25) is 0 Å². The number of aromatic nitrogens is 1. The fraction of sp³-hybridized carbons (Fsp3) is 0.583. The van der Waals surface area contributed by atoms with Gasteiger partial charge in [-0.3, -0.25) is 4.98 Å². The van der Waals surface area contributed by atoms with Crippen molar-refractivity contribution in [3.8, 4) is 0 Å². The molecule has 1 aliphatic carbocycles. The molecule has 3 nitrogen and oxygen atoms in total. The van der Waals surface area contributed by atoms with Crippen LogP contribution in [0, 0.1) is 0 Å². The highest BCUT2D eigenvalue weighted by molar-refractivity contribution is 5.40. The van der Waals surface area contributed by atoms with Gasteiger partial charge in [0.25, 0.3) is 0 Å². The summed E-state index contributed by atoms with van der Waals surface area (Å²) >= 11 is 0. The van der Waals surface area contributed by atoms with Crippen molar-refractivity contribution in [2.24, 2.45) is 5.73 Å². The number of hydrogen-bond donors (Lipinski definition) is 2. The first kappa shape index (κ1) is 9.31. The van der Waals surface area contributed by atoms with Crippen LogP contribution in [-0.2, 0) is 11.8 Å². The minimum absolute atomic E-state index is 0.217. The summed E-state index contributed by atoms with van der Waals surface area (Å²) in [5.74, 6) is 0. The van der Waals surface area contributed by atoms with Crippen molar-refractivity contribution in [3.05, 3.63) is 29.6 Å². The Morgan fingerprint density at radius 3 is 3.00 bits per heavy atom. The van der Waals surface area contributed by atoms with Crippen LogP contribution in [0.15, 0.2) is 18.5 Å². The van der Waals surface area contributed by atoms with E-state index in [4.69, 9.17) is 5.73 Å². The lowest BCUT2D eigenvalue weighted by Gasteiger charge is -2.38. The molecule has 0 unspecified atom stereocenters. The SMILES string of the molecule is N[C@@H]1Cc2ccncc2C12CCNCC2. The van der Waals surface area contributed by atoms with Crippen molar-refractivity contribution in [1.82, 2.24) is 10.3 Å². The lowest BCUT2D eigenvalue weighted by Crippen LogP contribution is -2.49. The molecule has 0 amide bonds. The van der Waals surface area contributed by atoms with Gasteiger partial charge in [-0.1, -0.05) is 0 Å². The highest BCUT2D eigenvalue weighted by Crippen LogP contribution is 2.43. The Balaban J connectivity index is 2.07. The molecule has 0 bridgehead atoms. The topological polar surface area (TPSA) is 50.9 Å². The quantitative estimate of drug-likeness (QED) is 0.648. The van der Waals surface area contributed by atoms with Crippen LogP contribution in [0.25, 0.3) is 0 Å². The fourth-order valence-electron chi connectivity index (χ4n) is 3.19. The van der Waals surface area contributed by atoms with E-state index in [-0.39, 0.29) is 5.41 Å². The highest BCUT2D eigenvalue weighted by atomic mass is 14.9. The summed E-state index contributed by atoms with van der Waals surface area (Å²) < 4.78 is 0. The monoisotopic (exact) mass is 203 g/mol. The number of rotatable bonds is 0. The maximum Gasteiger partial charge on any atom is 0.0308 e. The second-order valence-corrected chi connectivity index (χ2v) is 4.75. The van der Waals surface area contributed by atoms with Crippen LogP contribution in [0.1, 0.15) is 24.0 Å². The number of nitrogens with two attached hydrogens (primary N) is 1. The number of fused-ring (bicyclic) bond motifs is 2. The second kappa shape index (κ2) is 3.29. The standard InChI is InChI=1S/C12H17N3/c13-11-7-9-1-4-15-8-10(9)12(11)2-5-14-6-3-12/h1,4,8,11,14H,2-3,5-7,13H2/t11-/m1/s1. The Morgan fingerprint density at radius 2 is 2.20 bits per heavy atom. The van der Waals surface area contributed by atoms with Gasteiger partial charge >= 0.3 is 0 Å². The molecular formula is C12H17N3. The second-order valence-electron chi connectivity index (χ2n) is 4.75. The van der Waals surface area contributed by atoms with E-state index in [2.05, 4.69) is 16.4 Å². The summed E-state index contributed by atoms with van der Waals surface area (Å²) in [4.78, 5) is 4.26. The Morgan fingerprint density at radius 1 is 1.40 bits per heavy atom. The lowest BCUT2D eigenvalue weighted by molar-refractivity contribution is 0.273. The summed E-state index contributed by atoms with van der Waals surface area (Å²) in [5, 5.41) is 3.41. The molecule has 15 heavy (non-hydrogen) atoms. The largest absolute Gasteiger partial charge is 0.327 e. The first-order valence-electron chi connectivity index (χ1n) is 5.73. The predicted molar refractivity (Wildman–Crippen MR) is 59.7 cm³/mol. The molecule has 1 spiro atoms. The summed E-state index contributed by atoms with van der Waals surface area (Å²) in [6.07, 6.45) is 7.26. The summed E-state index contributed by atoms with van der Waals surface area (Å²) in [7, 11) is 0. The van der Waals surface area contributed by atoms with Crippen LogP contribution in [-0.4, -0.2) is 24.1 Å². The minimum Gasteiger partial charge on any atom is -0.327 e. The van der Waals surface area contributed by atoms with E-state index < -0.39 is 0 Å². The number of nitrogens with zero attached hydrogens (tertiary/aromatic N) is 1. The molecule has 0 aromatic carbocycles. The number of piperidine rings is 1. The minimum atomic E-state index is 0.217. The van der Waals surface area contributed by atoms with Gasteiger partial charge in [-0.2, -0.15) is 0 Å². The molecule has 80 valence electrons. The average molecular weight is 203 g/mol. The maximum atomic E-state index is 6.34. The van der Waals surface area contributed by atoms with Crippen molar-refractivity contribution in [2.45, 2.75) is 30.7 Å². The van der Waals surface area contributed by atoms with Crippen molar-refractivity contribution < 1.29 is 0 Å². The lowest BCUT2D eigenvalue weighted by atomic mass is 9.72. The number of hydrogen-bond acceptors (Lipinski definition) is 3. The van der Waals surface area contributed by atoms with Crippen LogP contribution < -0.4 is 11.1 Å². The molecule has 2 aliphatic rings. The van der Waals surface area contributed by atoms with Crippen molar-refractivity contribution in [3.63, 3.8) is 0 Å². The molecule has 1 aromatic heterocycles. The zero-order valence-electron chi connectivity index (χ0n) is 8.87. The summed E-state index contributed by atoms with van der Waals surface area (Å²) in [6, 6.07) is 2.42. The maximum absolute atomic E-state index is 6.34. The molecule has 1 aliphatic heterocycles. The van der Waals surface area contributed by atoms with E-state index in [1.807, 2.05) is 12.4 Å². The van der Waals surface area contributed by atoms with Crippen LogP contribution in [0.4, 0.5) is 0 Å². The van der Waals surface area contributed by atoms with Gasteiger partial charge in [-0.25, -0.2) is 0 Å². The summed E-state index contributed by atoms with van der Waals surface area (Å²) in [5.41, 5.74) is 9.39. The molecule has 2 heterocycles. The smallest absolute Gasteiger partial charge is 0.0308 e. The van der Waals surface area contributed by atoms with E-state index in [1.54, 1.807) is 0 Å². The Kier molecular flexibility index (Phi) is 2.04. The molecule has 1 aromatic rings. The van der Waals surface area contributed by atoms with E-state index in [0.29, 0.717) is 6.04 Å². The van der Waals surface area contributed by atoms with Gasteiger partial charge in [0, 0.05) is 23.9 Å². The first-order valence-corrected chi connectivity index (χ1v) is 5.73. The van der Waals surface area contributed by atoms with Gasteiger partial charge in [-0.05, 0) is 49.5 Å². The van der Waals surface area contributed by atoms with E-state index in [0.717, 1.165) is 32.4 Å². The molecule has 1 atom stereocenters. The fourth-order valence-corrected chi connectivity index (χ4v) is 3.19. The number of pyridine rings is 1. The highest BCUT2D eigenvalue weighted by Gasteiger charge is 2.45. The molecule has 0 saturated carbocycles. The average Bonchev–Trinajstić information content (AvgIpc) is 2.55. The van der Waals surface area contributed by atoms with Gasteiger partial charge in [0.05, 0.1) is 0 Å². The third-order valence-corrected chi connectivity index (χ3v) is 4.09. The molecular weight excluding hydrogens is 186 g/mol. The molecule has 3 N–H and O–H groups in total. The normalized spacial score (nSPS) is 27.9. The van der Waals surface area contributed by atoms with Gasteiger partial charge in [-0.15, -0.1) is 0 Å². The Labute approximate surface area is 90.1 Å². The van der Waals surface area contributed by atoms with Gasteiger partial charge in [0.2, 0.25) is 0 Å². The van der Waals surface area contributed by atoms with E-state index in [1.165, 1.54) is 11.1 Å². The Hall–Kier alpha value is -0.930. The zero-order valence-corrected chi connectivity index (χ0v) is 8.87. The van der Waals surface area contributed by atoms with E-state index in [9.17, 15) is 0 Å². The van der Waals surface area contributed by atoms with Gasteiger partial charge < -0.3 is 11.1 Å². The Bertz CT molecular complexity index is 369. The summed E-state index contributed by atoms with van der Waals surface area (Å²) in [6.45, 7) is 2.17. The van der Waals surface area contributed by atoms with Crippen LogP contribution >= 0.6 is 0 Å². The first-order chi connectivity index (χ1) is 7.33. The van der Waals surface area contributed by atoms with Gasteiger partial charge in [0.15, 0.2) is 0 Å². The van der Waals surface area contributed by atoms with Crippen molar-refractivity contribution in [2.75, 3.05) is 13.1 Å². The third kappa shape index (κ3) is 1.23. The molecule has 3 heteroatoms. The molecule has 3 rings (SSSR count).